The molecule has 2 rings (SSSR count). The Kier molecular flexibility index (Phi) is 6.17. The fourth-order valence-electron chi connectivity index (χ4n) is 3.04. The second-order valence-electron chi connectivity index (χ2n) is 7.41. The van der Waals surface area contributed by atoms with Crippen LogP contribution in [-0.4, -0.2) is 24.6 Å². The number of para-hydroxylation sites is 2. The molecule has 2 amide bonds. The molecule has 6 heteroatoms. The molecule has 2 N–H and O–H groups in total. The maximum atomic E-state index is 12.0. The fraction of sp³-hybridized carbons (Fsp3) is 0.526. The lowest BCUT2D eigenvalue weighted by atomic mass is 9.72. The Morgan fingerprint density at radius 2 is 1.76 bits per heavy atom. The number of amides is 2. The Hall–Kier alpha value is -2.37. The van der Waals surface area contributed by atoms with Gasteiger partial charge in [0.15, 0.2) is 0 Å². The van der Waals surface area contributed by atoms with E-state index >= 15 is 0 Å². The Morgan fingerprint density at radius 1 is 1.12 bits per heavy atom. The fourth-order valence-corrected chi connectivity index (χ4v) is 3.04. The molecule has 0 spiro atoms. The molecular formula is C19H27N3O3. The predicted molar refractivity (Wildman–Crippen MR) is 98.6 cm³/mol. The van der Waals surface area contributed by atoms with Crippen LogP contribution in [0.5, 0.6) is 5.75 Å². The van der Waals surface area contributed by atoms with E-state index in [1.54, 1.807) is 24.3 Å². The highest BCUT2D eigenvalue weighted by Gasteiger charge is 2.28. The zero-order valence-corrected chi connectivity index (χ0v) is 15.4. The number of carbonyl (C=O) groups is 2. The lowest BCUT2D eigenvalue weighted by Gasteiger charge is -2.34. The van der Waals surface area contributed by atoms with E-state index in [0.717, 1.165) is 31.4 Å². The number of ether oxygens (including phenoxy) is 1. The minimum atomic E-state index is -0.781. The van der Waals surface area contributed by atoms with Crippen molar-refractivity contribution in [2.24, 2.45) is 16.4 Å². The van der Waals surface area contributed by atoms with Gasteiger partial charge in [0, 0.05) is 5.71 Å². The first-order chi connectivity index (χ1) is 11.8. The van der Waals surface area contributed by atoms with Crippen LogP contribution in [-0.2, 0) is 9.59 Å². The van der Waals surface area contributed by atoms with Gasteiger partial charge in [-0.1, -0.05) is 32.9 Å². The van der Waals surface area contributed by atoms with Crippen LogP contribution in [0.25, 0.3) is 0 Å². The third-order valence-electron chi connectivity index (χ3n) is 4.66. The van der Waals surface area contributed by atoms with Gasteiger partial charge in [-0.3, -0.25) is 9.59 Å². The highest BCUT2D eigenvalue weighted by Crippen LogP contribution is 2.36. The van der Waals surface area contributed by atoms with Crippen molar-refractivity contribution >= 4 is 23.2 Å². The summed E-state index contributed by atoms with van der Waals surface area (Å²) in [6.45, 7) is 6.76. The molecule has 1 aliphatic rings. The molecule has 0 aliphatic heterocycles. The molecule has 0 heterocycles. The first-order valence-corrected chi connectivity index (χ1v) is 8.61. The minimum absolute atomic E-state index is 0.295. The van der Waals surface area contributed by atoms with Gasteiger partial charge in [-0.2, -0.15) is 5.10 Å². The minimum Gasteiger partial charge on any atom is -0.495 e. The van der Waals surface area contributed by atoms with Crippen LogP contribution in [0.3, 0.4) is 0 Å². The Balaban J connectivity index is 1.87. The number of carbonyl (C=O) groups excluding carboxylic acids is 2. The lowest BCUT2D eigenvalue weighted by molar-refractivity contribution is -0.136. The van der Waals surface area contributed by atoms with Crippen LogP contribution in [0, 0.1) is 11.3 Å². The molecule has 0 radical (unpaired) electrons. The molecule has 0 unspecified atom stereocenters. The highest BCUT2D eigenvalue weighted by atomic mass is 16.5. The zero-order valence-electron chi connectivity index (χ0n) is 15.4. The first kappa shape index (κ1) is 19.0. The van der Waals surface area contributed by atoms with Crippen molar-refractivity contribution < 1.29 is 14.3 Å². The normalized spacial score (nSPS) is 17.6. The van der Waals surface area contributed by atoms with E-state index in [1.807, 2.05) is 0 Å². The number of anilines is 1. The summed E-state index contributed by atoms with van der Waals surface area (Å²) in [5, 5.41) is 6.66. The molecule has 0 atom stereocenters. The van der Waals surface area contributed by atoms with Crippen LogP contribution < -0.4 is 15.5 Å². The third-order valence-corrected chi connectivity index (χ3v) is 4.66. The molecule has 0 saturated heterocycles. The number of hydrazone groups is 1. The molecule has 6 nitrogen and oxygen atoms in total. The van der Waals surface area contributed by atoms with E-state index in [2.05, 4.69) is 36.6 Å². The number of rotatable bonds is 3. The number of methoxy groups -OCH3 is 1. The summed E-state index contributed by atoms with van der Waals surface area (Å²) in [5.74, 6) is -0.389. The quantitative estimate of drug-likeness (QED) is 0.651. The second-order valence-corrected chi connectivity index (χ2v) is 7.41. The van der Waals surface area contributed by atoms with Crippen LogP contribution >= 0.6 is 0 Å². The largest absolute Gasteiger partial charge is 0.495 e. The van der Waals surface area contributed by atoms with Crippen LogP contribution in [0.15, 0.2) is 29.4 Å². The summed E-state index contributed by atoms with van der Waals surface area (Å²) in [7, 11) is 1.50. The van der Waals surface area contributed by atoms with Gasteiger partial charge in [-0.25, -0.2) is 5.43 Å². The molecule has 1 aromatic carbocycles. The summed E-state index contributed by atoms with van der Waals surface area (Å²) in [6, 6.07) is 6.92. The zero-order chi connectivity index (χ0) is 18.4. The Bertz CT molecular complexity index is 652. The monoisotopic (exact) mass is 345 g/mol. The van der Waals surface area contributed by atoms with E-state index in [1.165, 1.54) is 7.11 Å². The van der Waals surface area contributed by atoms with Gasteiger partial charge in [0.05, 0.1) is 12.8 Å². The van der Waals surface area contributed by atoms with Crippen molar-refractivity contribution in [2.45, 2.75) is 46.5 Å². The van der Waals surface area contributed by atoms with Crippen molar-refractivity contribution in [3.63, 3.8) is 0 Å². The summed E-state index contributed by atoms with van der Waals surface area (Å²) in [4.78, 5) is 23.9. The summed E-state index contributed by atoms with van der Waals surface area (Å²) in [5.41, 5.74) is 4.05. The maximum absolute atomic E-state index is 12.0. The Morgan fingerprint density at radius 3 is 2.36 bits per heavy atom. The molecule has 1 aliphatic carbocycles. The molecule has 0 bridgehead atoms. The van der Waals surface area contributed by atoms with Gasteiger partial charge < -0.3 is 10.1 Å². The van der Waals surface area contributed by atoms with E-state index < -0.39 is 11.8 Å². The van der Waals surface area contributed by atoms with Crippen molar-refractivity contribution in [3.8, 4) is 5.75 Å². The average molecular weight is 345 g/mol. The predicted octanol–water partition coefficient (Wildman–Crippen LogP) is 3.34. The van der Waals surface area contributed by atoms with Crippen molar-refractivity contribution in [1.29, 1.82) is 0 Å². The van der Waals surface area contributed by atoms with Gasteiger partial charge in [0.2, 0.25) is 0 Å². The molecule has 1 fully saturated rings. The van der Waals surface area contributed by atoms with Crippen LogP contribution in [0.4, 0.5) is 5.69 Å². The second kappa shape index (κ2) is 8.14. The van der Waals surface area contributed by atoms with E-state index in [-0.39, 0.29) is 0 Å². The third kappa shape index (κ3) is 5.31. The van der Waals surface area contributed by atoms with Crippen molar-refractivity contribution in [1.82, 2.24) is 5.43 Å². The average Bonchev–Trinajstić information content (AvgIpc) is 2.59. The molecular weight excluding hydrogens is 318 g/mol. The molecule has 1 aromatic rings. The highest BCUT2D eigenvalue weighted by molar-refractivity contribution is 6.39. The lowest BCUT2D eigenvalue weighted by Crippen LogP contribution is -2.34. The Labute approximate surface area is 149 Å². The number of nitrogens with one attached hydrogen (secondary N) is 2. The van der Waals surface area contributed by atoms with E-state index in [4.69, 9.17) is 4.74 Å². The number of benzene rings is 1. The van der Waals surface area contributed by atoms with Crippen LogP contribution in [0.2, 0.25) is 0 Å². The molecule has 0 aromatic heterocycles. The van der Waals surface area contributed by atoms with Gasteiger partial charge in [0.25, 0.3) is 0 Å². The topological polar surface area (TPSA) is 79.8 Å². The van der Waals surface area contributed by atoms with Gasteiger partial charge in [-0.05, 0) is 49.1 Å². The van der Waals surface area contributed by atoms with Crippen molar-refractivity contribution in [2.75, 3.05) is 12.4 Å². The standard InChI is InChI=1S/C19H27N3O3/c1-19(2,3)13-9-11-14(12-10-13)21-22-18(24)17(23)20-15-7-5-6-8-16(15)25-4/h5-8,13H,9-12H2,1-4H3,(H,20,23)(H,22,24). The number of hydrogen-bond acceptors (Lipinski definition) is 4. The summed E-state index contributed by atoms with van der Waals surface area (Å²) < 4.78 is 5.14. The van der Waals surface area contributed by atoms with E-state index in [0.29, 0.717) is 22.8 Å². The van der Waals surface area contributed by atoms with Crippen molar-refractivity contribution in [3.05, 3.63) is 24.3 Å². The molecule has 25 heavy (non-hydrogen) atoms. The molecule has 136 valence electrons. The van der Waals surface area contributed by atoms with Gasteiger partial charge >= 0.3 is 11.8 Å². The van der Waals surface area contributed by atoms with Gasteiger partial charge in [0.1, 0.15) is 5.75 Å². The number of hydrogen-bond donors (Lipinski definition) is 2. The van der Waals surface area contributed by atoms with Crippen LogP contribution in [0.1, 0.15) is 46.5 Å². The maximum Gasteiger partial charge on any atom is 0.329 e. The SMILES string of the molecule is COc1ccccc1NC(=O)C(=O)NN=C1CCC(C(C)(C)C)CC1. The summed E-state index contributed by atoms with van der Waals surface area (Å²) in [6.07, 6.45) is 3.84. The number of nitrogens with zero attached hydrogens (tertiary/aromatic N) is 1. The molecule has 1 saturated carbocycles. The first-order valence-electron chi connectivity index (χ1n) is 8.61. The smallest absolute Gasteiger partial charge is 0.329 e. The summed E-state index contributed by atoms with van der Waals surface area (Å²) >= 11 is 0. The van der Waals surface area contributed by atoms with Gasteiger partial charge in [-0.15, -0.1) is 0 Å². The van der Waals surface area contributed by atoms with E-state index in [9.17, 15) is 9.59 Å².